The highest BCUT2D eigenvalue weighted by atomic mass is 16.5. The molecule has 1 atom stereocenters. The summed E-state index contributed by atoms with van der Waals surface area (Å²) >= 11 is 0. The van der Waals surface area contributed by atoms with Gasteiger partial charge >= 0.3 is 18.0 Å². The average molecular weight is 471 g/mol. The number of hydrogen-bond donors (Lipinski definition) is 3. The van der Waals surface area contributed by atoms with Crippen LogP contribution in [0, 0.1) is 5.92 Å². The molecule has 3 N–H and O–H groups in total. The minimum Gasteiger partial charge on any atom is -0.462 e. The number of benzene rings is 1. The number of rotatable bonds is 8. The summed E-state index contributed by atoms with van der Waals surface area (Å²) in [5, 5.41) is 8.88. The maximum atomic E-state index is 13.0. The van der Waals surface area contributed by atoms with Gasteiger partial charge in [-0.25, -0.2) is 14.4 Å². The summed E-state index contributed by atoms with van der Waals surface area (Å²) in [4.78, 5) is 39.8. The predicted octanol–water partition coefficient (Wildman–Crippen LogP) is 5.09. The van der Waals surface area contributed by atoms with Gasteiger partial charge < -0.3 is 20.7 Å². The SMILES string of the molecule is CCCN1C(=O)NC(c2ccc(NC(=O)NC3CCCCC3)cc2)C(C(=O)OCC(C)C)=C1C. The van der Waals surface area contributed by atoms with Gasteiger partial charge in [-0.05, 0) is 49.8 Å². The second-order valence-electron chi connectivity index (χ2n) is 9.58. The van der Waals surface area contributed by atoms with Crippen molar-refractivity contribution in [2.24, 2.45) is 5.92 Å². The first-order valence-electron chi connectivity index (χ1n) is 12.4. The summed E-state index contributed by atoms with van der Waals surface area (Å²) in [6, 6.07) is 6.36. The van der Waals surface area contributed by atoms with E-state index in [1.165, 1.54) is 6.42 Å². The van der Waals surface area contributed by atoms with Gasteiger partial charge in [0.05, 0.1) is 18.2 Å². The summed E-state index contributed by atoms with van der Waals surface area (Å²) in [5.41, 5.74) is 2.44. The van der Waals surface area contributed by atoms with Crippen molar-refractivity contribution in [2.45, 2.75) is 78.3 Å². The second kappa shape index (κ2) is 11.9. The summed E-state index contributed by atoms with van der Waals surface area (Å²) < 4.78 is 5.54. The van der Waals surface area contributed by atoms with Crippen LogP contribution in [0.15, 0.2) is 35.5 Å². The van der Waals surface area contributed by atoms with E-state index in [4.69, 9.17) is 4.74 Å². The van der Waals surface area contributed by atoms with Crippen LogP contribution < -0.4 is 16.0 Å². The lowest BCUT2D eigenvalue weighted by atomic mass is 9.94. The van der Waals surface area contributed by atoms with Gasteiger partial charge in [0.2, 0.25) is 0 Å². The van der Waals surface area contributed by atoms with Crippen molar-refractivity contribution in [3.63, 3.8) is 0 Å². The zero-order valence-electron chi connectivity index (χ0n) is 20.8. The number of urea groups is 2. The molecule has 1 aliphatic heterocycles. The number of carbonyl (C=O) groups is 3. The molecule has 1 unspecified atom stereocenters. The van der Waals surface area contributed by atoms with Crippen molar-refractivity contribution in [2.75, 3.05) is 18.5 Å². The molecule has 0 radical (unpaired) electrons. The van der Waals surface area contributed by atoms with Gasteiger partial charge in [0.1, 0.15) is 0 Å². The number of esters is 1. The molecule has 1 aliphatic carbocycles. The van der Waals surface area contributed by atoms with Crippen LogP contribution in [-0.4, -0.2) is 42.1 Å². The third-order valence-electron chi connectivity index (χ3n) is 6.25. The Balaban J connectivity index is 1.76. The van der Waals surface area contributed by atoms with Gasteiger partial charge in [-0.15, -0.1) is 0 Å². The van der Waals surface area contributed by atoms with Crippen LogP contribution in [0.2, 0.25) is 0 Å². The van der Waals surface area contributed by atoms with Crippen LogP contribution in [-0.2, 0) is 9.53 Å². The van der Waals surface area contributed by atoms with E-state index in [1.807, 2.05) is 32.9 Å². The van der Waals surface area contributed by atoms with Gasteiger partial charge in [0.25, 0.3) is 0 Å². The van der Waals surface area contributed by atoms with Crippen LogP contribution in [0.1, 0.15) is 77.8 Å². The fourth-order valence-electron chi connectivity index (χ4n) is 4.47. The van der Waals surface area contributed by atoms with E-state index in [2.05, 4.69) is 16.0 Å². The van der Waals surface area contributed by atoms with Crippen molar-refractivity contribution >= 4 is 23.7 Å². The largest absolute Gasteiger partial charge is 0.462 e. The standard InChI is InChI=1S/C26H38N4O4/c1-5-15-30-18(4)22(24(31)34-16-17(2)3)23(29-26(30)33)19-11-13-21(14-12-19)28-25(32)27-20-9-7-6-8-10-20/h11-14,17,20,23H,5-10,15-16H2,1-4H3,(H,29,33)(H2,27,28,32). The Bertz CT molecular complexity index is 904. The van der Waals surface area contributed by atoms with E-state index in [9.17, 15) is 14.4 Å². The molecule has 8 nitrogen and oxygen atoms in total. The molecule has 0 aromatic heterocycles. The van der Waals surface area contributed by atoms with E-state index >= 15 is 0 Å². The molecular weight excluding hydrogens is 432 g/mol. The number of ether oxygens (including phenoxy) is 1. The number of nitrogens with zero attached hydrogens (tertiary/aromatic N) is 1. The van der Waals surface area contributed by atoms with E-state index in [-0.39, 0.29) is 24.0 Å². The molecule has 8 heteroatoms. The number of carbonyl (C=O) groups excluding carboxylic acids is 3. The normalized spacial score (nSPS) is 19.1. The fourth-order valence-corrected chi connectivity index (χ4v) is 4.47. The Labute approximate surface area is 202 Å². The molecule has 2 aliphatic rings. The molecule has 0 spiro atoms. The Morgan fingerprint density at radius 2 is 1.82 bits per heavy atom. The third kappa shape index (κ3) is 6.52. The van der Waals surface area contributed by atoms with E-state index < -0.39 is 12.0 Å². The third-order valence-corrected chi connectivity index (χ3v) is 6.25. The first kappa shape index (κ1) is 25.6. The Morgan fingerprint density at radius 3 is 2.44 bits per heavy atom. The molecule has 186 valence electrons. The Morgan fingerprint density at radius 1 is 1.15 bits per heavy atom. The summed E-state index contributed by atoms with van der Waals surface area (Å²) in [5.74, 6) is -0.218. The number of hydrogen-bond acceptors (Lipinski definition) is 4. The maximum Gasteiger partial charge on any atom is 0.338 e. The van der Waals surface area contributed by atoms with Gasteiger partial charge in [-0.1, -0.05) is 52.2 Å². The first-order chi connectivity index (χ1) is 16.3. The lowest BCUT2D eigenvalue weighted by molar-refractivity contribution is -0.140. The molecule has 1 heterocycles. The van der Waals surface area contributed by atoms with E-state index in [0.29, 0.717) is 30.1 Å². The molecule has 0 bridgehead atoms. The van der Waals surface area contributed by atoms with Crippen molar-refractivity contribution < 1.29 is 19.1 Å². The van der Waals surface area contributed by atoms with Gasteiger partial charge in [-0.2, -0.15) is 0 Å². The van der Waals surface area contributed by atoms with Crippen molar-refractivity contribution in [1.29, 1.82) is 0 Å². The average Bonchev–Trinajstić information content (AvgIpc) is 2.81. The predicted molar refractivity (Wildman–Crippen MR) is 132 cm³/mol. The fraction of sp³-hybridized carbons (Fsp3) is 0.577. The smallest absolute Gasteiger partial charge is 0.338 e. The van der Waals surface area contributed by atoms with Gasteiger partial charge in [0, 0.05) is 24.0 Å². The summed E-state index contributed by atoms with van der Waals surface area (Å²) in [6.45, 7) is 8.56. The highest BCUT2D eigenvalue weighted by Gasteiger charge is 2.36. The van der Waals surface area contributed by atoms with Gasteiger partial charge in [-0.3, -0.25) is 4.90 Å². The molecule has 1 fully saturated rings. The zero-order chi connectivity index (χ0) is 24.7. The number of allylic oxidation sites excluding steroid dienone is 1. The molecule has 1 aromatic carbocycles. The Hall–Kier alpha value is -3.03. The van der Waals surface area contributed by atoms with E-state index in [0.717, 1.165) is 37.7 Å². The zero-order valence-corrected chi connectivity index (χ0v) is 20.8. The molecule has 4 amide bonds. The minimum absolute atomic E-state index is 0.207. The molecule has 1 saturated carbocycles. The van der Waals surface area contributed by atoms with Crippen molar-refractivity contribution in [3.05, 3.63) is 41.1 Å². The molecule has 0 saturated heterocycles. The van der Waals surface area contributed by atoms with Crippen LogP contribution in [0.25, 0.3) is 0 Å². The molecular formula is C26H38N4O4. The highest BCUT2D eigenvalue weighted by Crippen LogP contribution is 2.32. The minimum atomic E-state index is -0.620. The molecule has 1 aromatic rings. The van der Waals surface area contributed by atoms with Crippen LogP contribution in [0.3, 0.4) is 0 Å². The molecule has 3 rings (SSSR count). The number of anilines is 1. The van der Waals surface area contributed by atoms with Crippen LogP contribution in [0.4, 0.5) is 15.3 Å². The quantitative estimate of drug-likeness (QED) is 0.461. The number of amides is 4. The topological polar surface area (TPSA) is 99.8 Å². The van der Waals surface area contributed by atoms with Crippen LogP contribution in [0.5, 0.6) is 0 Å². The monoisotopic (exact) mass is 470 g/mol. The number of nitrogens with one attached hydrogen (secondary N) is 3. The molecule has 34 heavy (non-hydrogen) atoms. The lowest BCUT2D eigenvalue weighted by Gasteiger charge is -2.35. The van der Waals surface area contributed by atoms with Crippen molar-refractivity contribution in [3.8, 4) is 0 Å². The highest BCUT2D eigenvalue weighted by molar-refractivity contribution is 5.95. The van der Waals surface area contributed by atoms with Gasteiger partial charge in [0.15, 0.2) is 0 Å². The van der Waals surface area contributed by atoms with Crippen LogP contribution >= 0.6 is 0 Å². The maximum absolute atomic E-state index is 13.0. The first-order valence-corrected chi connectivity index (χ1v) is 12.4. The lowest BCUT2D eigenvalue weighted by Crippen LogP contribution is -2.48. The van der Waals surface area contributed by atoms with Crippen molar-refractivity contribution in [1.82, 2.24) is 15.5 Å². The Kier molecular flexibility index (Phi) is 8.96. The summed E-state index contributed by atoms with van der Waals surface area (Å²) in [6.07, 6.45) is 6.34. The second-order valence-corrected chi connectivity index (χ2v) is 9.58. The van der Waals surface area contributed by atoms with E-state index in [1.54, 1.807) is 24.0 Å². The summed E-state index contributed by atoms with van der Waals surface area (Å²) in [7, 11) is 0.